The molecular weight excluding hydrogens is 684 g/mol. The van der Waals surface area contributed by atoms with Gasteiger partial charge in [-0.25, -0.2) is 0 Å². The van der Waals surface area contributed by atoms with Gasteiger partial charge in [0, 0.05) is 40.7 Å². The highest BCUT2D eigenvalue weighted by Gasteiger charge is 2.25. The fourth-order valence-electron chi connectivity index (χ4n) is 4.15. The first-order valence-electron chi connectivity index (χ1n) is 12.8. The first kappa shape index (κ1) is 30.9. The van der Waals surface area contributed by atoms with E-state index in [1.807, 2.05) is 48.0 Å². The van der Waals surface area contributed by atoms with E-state index in [1.165, 1.54) is 11.3 Å². The summed E-state index contributed by atoms with van der Waals surface area (Å²) in [5, 5.41) is 14.5. The number of benzene rings is 1. The van der Waals surface area contributed by atoms with Crippen LogP contribution in [0.25, 0.3) is 16.7 Å². The minimum absolute atomic E-state index is 0.160. The third-order valence-electron chi connectivity index (χ3n) is 6.23. The summed E-state index contributed by atoms with van der Waals surface area (Å²) < 4.78 is 36.3. The quantitative estimate of drug-likeness (QED) is 0.125. The molecule has 216 valence electrons. The molecule has 2 aromatic heterocycles. The molecule has 0 spiro atoms. The number of unbranched alkanes of at least 4 members (excludes halogenated alkanes) is 1. The van der Waals surface area contributed by atoms with Gasteiger partial charge in [0.2, 0.25) is 0 Å². The van der Waals surface area contributed by atoms with E-state index in [9.17, 15) is 5.11 Å². The Bertz CT molecular complexity index is 1330. The molecule has 1 unspecified atom stereocenters. The molecule has 7 nitrogen and oxygen atoms in total. The van der Waals surface area contributed by atoms with Crippen molar-refractivity contribution in [1.29, 1.82) is 0 Å². The van der Waals surface area contributed by atoms with E-state index < -0.39 is 0 Å². The summed E-state index contributed by atoms with van der Waals surface area (Å²) in [6.07, 6.45) is 6.10. The van der Waals surface area contributed by atoms with Crippen LogP contribution in [0.15, 0.2) is 54.4 Å². The molecule has 1 atom stereocenters. The van der Waals surface area contributed by atoms with E-state index in [0.717, 1.165) is 61.9 Å². The van der Waals surface area contributed by atoms with E-state index in [4.69, 9.17) is 28.4 Å². The van der Waals surface area contributed by atoms with Crippen molar-refractivity contribution < 1.29 is 33.5 Å². The molecule has 40 heavy (non-hydrogen) atoms. The van der Waals surface area contributed by atoms with Gasteiger partial charge >= 0.3 is 0 Å². The van der Waals surface area contributed by atoms with E-state index in [2.05, 4.69) is 31.9 Å². The summed E-state index contributed by atoms with van der Waals surface area (Å²) in [6.45, 7) is 3.77. The molecule has 11 heteroatoms. The number of methoxy groups -OCH3 is 2. The summed E-state index contributed by atoms with van der Waals surface area (Å²) in [5.41, 5.74) is 3.49. The van der Waals surface area contributed by atoms with Crippen LogP contribution in [0.2, 0.25) is 0 Å². The molecule has 0 fully saturated rings. The first-order valence-corrected chi connectivity index (χ1v) is 16.1. The predicted octanol–water partition coefficient (Wildman–Crippen LogP) is 8.65. The normalized spacial score (nSPS) is 15.0. The number of allylic oxidation sites excluding steroid dienone is 1. The maximum Gasteiger partial charge on any atom is 0.189 e. The van der Waals surface area contributed by atoms with Crippen molar-refractivity contribution in [3.05, 3.63) is 60.0 Å². The molecule has 2 heterocycles. The maximum absolute atomic E-state index is 10.5. The Morgan fingerprint density at radius 1 is 0.950 bits per heavy atom. The summed E-state index contributed by atoms with van der Waals surface area (Å²) in [6, 6.07) is 5.77. The van der Waals surface area contributed by atoms with E-state index in [1.54, 1.807) is 25.6 Å². The van der Waals surface area contributed by atoms with Gasteiger partial charge in [-0.1, -0.05) is 0 Å². The molecule has 1 N–H and O–H groups in total. The molecule has 1 aromatic carbocycles. The zero-order valence-corrected chi connectivity index (χ0v) is 27.3. The lowest BCUT2D eigenvalue weighted by Gasteiger charge is -2.24. The van der Waals surface area contributed by atoms with Crippen molar-refractivity contribution in [3.63, 3.8) is 0 Å². The molecule has 0 saturated carbocycles. The van der Waals surface area contributed by atoms with Gasteiger partial charge in [0.15, 0.2) is 12.5 Å². The van der Waals surface area contributed by atoms with Gasteiger partial charge in [0.1, 0.15) is 30.6 Å². The van der Waals surface area contributed by atoms with E-state index in [0.29, 0.717) is 30.0 Å². The molecule has 0 aliphatic heterocycles. The molecule has 1 aliphatic carbocycles. The molecule has 0 bridgehead atoms. The standard InChI is InChI=1S/C29H32Br2O7S2/c1-4-35-17-38-27-23(16-40-29(27)31)21-14-19(34-3)8-10-25(21)37-12-6-5-11-36-24-9-7-18(33-2)13-20(24)22-15-39-28(30)26(22)32/h7-8,10,13-16,24,32H,4-6,9,11-12,17H2,1-3H3. The number of thiophene rings is 2. The topological polar surface area (TPSA) is 75.6 Å². The Hall–Kier alpha value is -2.02. The highest BCUT2D eigenvalue weighted by molar-refractivity contribution is 9.11. The number of ether oxygens (including phenoxy) is 6. The van der Waals surface area contributed by atoms with Gasteiger partial charge in [-0.2, -0.15) is 0 Å². The number of halogens is 2. The zero-order chi connectivity index (χ0) is 28.5. The third kappa shape index (κ3) is 7.63. The average molecular weight is 717 g/mol. The second-order valence-corrected chi connectivity index (χ2v) is 13.1. The van der Waals surface area contributed by atoms with Gasteiger partial charge in [-0.05, 0) is 94.0 Å². The van der Waals surface area contributed by atoms with Crippen molar-refractivity contribution >= 4 is 60.1 Å². The molecule has 1 aliphatic rings. The van der Waals surface area contributed by atoms with Crippen LogP contribution in [0.4, 0.5) is 0 Å². The number of hydrogen-bond acceptors (Lipinski definition) is 9. The molecule has 3 aromatic rings. The molecule has 0 radical (unpaired) electrons. The van der Waals surface area contributed by atoms with Gasteiger partial charge in [-0.3, -0.25) is 0 Å². The average Bonchev–Trinajstić information content (AvgIpc) is 3.51. The van der Waals surface area contributed by atoms with Crippen molar-refractivity contribution in [1.82, 2.24) is 0 Å². The molecule has 0 amide bonds. The third-order valence-corrected chi connectivity index (χ3v) is 9.59. The summed E-state index contributed by atoms with van der Waals surface area (Å²) in [5.74, 6) is 3.20. The Labute approximate surface area is 259 Å². The summed E-state index contributed by atoms with van der Waals surface area (Å²) in [7, 11) is 3.29. The lowest BCUT2D eigenvalue weighted by molar-refractivity contribution is 0.0226. The first-order chi connectivity index (χ1) is 19.5. The number of rotatable bonds is 15. The van der Waals surface area contributed by atoms with E-state index in [-0.39, 0.29) is 18.6 Å². The highest BCUT2D eigenvalue weighted by atomic mass is 79.9. The zero-order valence-electron chi connectivity index (χ0n) is 22.5. The minimum Gasteiger partial charge on any atom is -0.505 e. The second-order valence-electron chi connectivity index (χ2n) is 8.70. The van der Waals surface area contributed by atoms with Crippen molar-refractivity contribution in [2.45, 2.75) is 32.3 Å². The fourth-order valence-corrected chi connectivity index (χ4v) is 6.68. The largest absolute Gasteiger partial charge is 0.505 e. The van der Waals surface area contributed by atoms with Crippen LogP contribution in [-0.2, 0) is 14.2 Å². The van der Waals surface area contributed by atoms with Crippen LogP contribution in [0.5, 0.6) is 23.0 Å². The Morgan fingerprint density at radius 3 is 2.45 bits per heavy atom. The summed E-state index contributed by atoms with van der Waals surface area (Å²) in [4.78, 5) is 0. The predicted molar refractivity (Wildman–Crippen MR) is 167 cm³/mol. The number of hydrogen-bond donors (Lipinski definition) is 1. The SMILES string of the molecule is CCOCOc1c(-c2cc(OC)ccc2OCCCCOC2CC=C(OC)C=C2c2csc(Br)c2O)csc1Br. The maximum atomic E-state index is 10.5. The van der Waals surface area contributed by atoms with E-state index >= 15 is 0 Å². The van der Waals surface area contributed by atoms with Gasteiger partial charge in [0.25, 0.3) is 0 Å². The lowest BCUT2D eigenvalue weighted by atomic mass is 9.95. The lowest BCUT2D eigenvalue weighted by Crippen LogP contribution is -2.18. The van der Waals surface area contributed by atoms with Crippen LogP contribution in [-0.4, -0.2) is 52.0 Å². The van der Waals surface area contributed by atoms with Crippen LogP contribution >= 0.6 is 54.5 Å². The minimum atomic E-state index is -0.160. The second kappa shape index (κ2) is 15.3. The number of aromatic hydroxyl groups is 1. The van der Waals surface area contributed by atoms with Crippen molar-refractivity contribution in [3.8, 4) is 34.1 Å². The monoisotopic (exact) mass is 714 g/mol. The smallest absolute Gasteiger partial charge is 0.189 e. The van der Waals surface area contributed by atoms with Gasteiger partial charge < -0.3 is 33.5 Å². The fraction of sp³-hybridized carbons (Fsp3) is 0.379. The Morgan fingerprint density at radius 2 is 1.73 bits per heavy atom. The highest BCUT2D eigenvalue weighted by Crippen LogP contribution is 2.46. The van der Waals surface area contributed by atoms with Gasteiger partial charge in [-0.15, -0.1) is 22.7 Å². The van der Waals surface area contributed by atoms with Gasteiger partial charge in [0.05, 0.1) is 26.9 Å². The van der Waals surface area contributed by atoms with Crippen LogP contribution in [0.1, 0.15) is 31.7 Å². The molecule has 4 rings (SSSR count). The Balaban J connectivity index is 1.35. The van der Waals surface area contributed by atoms with Crippen LogP contribution < -0.4 is 14.2 Å². The van der Waals surface area contributed by atoms with Crippen molar-refractivity contribution in [2.24, 2.45) is 0 Å². The molecule has 0 saturated heterocycles. The summed E-state index contributed by atoms with van der Waals surface area (Å²) >= 11 is 9.99. The molecular formula is C29H32Br2O7S2. The van der Waals surface area contributed by atoms with Crippen LogP contribution in [0.3, 0.4) is 0 Å². The van der Waals surface area contributed by atoms with Crippen LogP contribution in [0, 0.1) is 0 Å². The van der Waals surface area contributed by atoms with Crippen molar-refractivity contribution in [2.75, 3.05) is 40.8 Å². The Kier molecular flexibility index (Phi) is 11.8.